The van der Waals surface area contributed by atoms with Gasteiger partial charge in [-0.3, -0.25) is 9.59 Å². The number of H-pyrrole nitrogens is 1. The highest BCUT2D eigenvalue weighted by molar-refractivity contribution is 7.16. The highest BCUT2D eigenvalue weighted by Crippen LogP contribution is 2.45. The molecule has 0 fully saturated rings. The number of hydrogen-bond donors (Lipinski definition) is 3. The van der Waals surface area contributed by atoms with Crippen molar-refractivity contribution in [1.82, 2.24) is 19.9 Å². The van der Waals surface area contributed by atoms with E-state index in [0.717, 1.165) is 6.20 Å². The molecule has 3 N–H and O–H groups in total. The van der Waals surface area contributed by atoms with Crippen LogP contribution in [0.25, 0.3) is 21.3 Å². The molecule has 0 spiro atoms. The number of hydrogen-bond acceptors (Lipinski definition) is 6. The molecule has 4 heterocycles. The number of aromatic amines is 1. The Morgan fingerprint density at radius 1 is 1.31 bits per heavy atom. The maximum Gasteiger partial charge on any atom is 0.274 e. The summed E-state index contributed by atoms with van der Waals surface area (Å²) in [6, 6.07) is 4.59. The van der Waals surface area contributed by atoms with Gasteiger partial charge in [-0.15, -0.1) is 11.3 Å². The number of aromatic nitrogens is 3. The number of amides is 1. The van der Waals surface area contributed by atoms with Crippen LogP contribution in [0.1, 0.15) is 48.6 Å². The van der Waals surface area contributed by atoms with Crippen LogP contribution < -0.4 is 15.6 Å². The first kappa shape index (κ1) is 24.6. The smallest absolute Gasteiger partial charge is 0.274 e. The first-order chi connectivity index (χ1) is 16.3. The lowest BCUT2D eigenvalue weighted by atomic mass is 10.1. The minimum Gasteiger partial charge on any atom is -0.437 e. The van der Waals surface area contributed by atoms with Gasteiger partial charge in [0.25, 0.3) is 11.5 Å². The van der Waals surface area contributed by atoms with Gasteiger partial charge in [-0.25, -0.2) is 9.37 Å². The Morgan fingerprint density at radius 3 is 2.66 bits per heavy atom. The molecule has 0 aromatic carbocycles. The van der Waals surface area contributed by atoms with Crippen molar-refractivity contribution in [3.63, 3.8) is 0 Å². The zero-order valence-electron chi connectivity index (χ0n) is 20.3. The highest BCUT2D eigenvalue weighted by atomic mass is 32.1. The van der Waals surface area contributed by atoms with E-state index in [-0.39, 0.29) is 34.6 Å². The van der Waals surface area contributed by atoms with Crippen molar-refractivity contribution < 1.29 is 19.0 Å². The number of aryl methyl sites for hydroxylation is 2. The maximum absolute atomic E-state index is 13.6. The summed E-state index contributed by atoms with van der Waals surface area (Å²) >= 11 is 1.30. The zero-order valence-corrected chi connectivity index (χ0v) is 21.1. The summed E-state index contributed by atoms with van der Waals surface area (Å²) < 4.78 is 21.1. The van der Waals surface area contributed by atoms with Crippen molar-refractivity contribution in [1.29, 1.82) is 0 Å². The average molecular weight is 499 g/mol. The summed E-state index contributed by atoms with van der Waals surface area (Å²) in [6.45, 7) is 8.71. The van der Waals surface area contributed by atoms with Gasteiger partial charge in [0.1, 0.15) is 22.8 Å². The maximum atomic E-state index is 13.6. The lowest BCUT2D eigenvalue weighted by molar-refractivity contribution is 0.0824. The van der Waals surface area contributed by atoms with Gasteiger partial charge in [0.15, 0.2) is 0 Å². The molecule has 0 unspecified atom stereocenters. The molecule has 4 aromatic heterocycles. The number of nitrogens with zero attached hydrogens (tertiary/aromatic N) is 2. The Kier molecular flexibility index (Phi) is 6.29. The molecule has 0 aliphatic heterocycles. The molecule has 0 radical (unpaired) electrons. The predicted molar refractivity (Wildman–Crippen MR) is 134 cm³/mol. The second-order valence-electron chi connectivity index (χ2n) is 9.30. The number of carbonyl (C=O) groups excluding carboxylic acids is 1. The minimum absolute atomic E-state index is 0.0747. The van der Waals surface area contributed by atoms with Crippen molar-refractivity contribution >= 4 is 28.1 Å². The van der Waals surface area contributed by atoms with E-state index in [1.165, 1.54) is 22.0 Å². The number of ether oxygens (including phenoxy) is 1. The Bertz CT molecular complexity index is 1490. The largest absolute Gasteiger partial charge is 0.437 e. The Balaban J connectivity index is 1.93. The van der Waals surface area contributed by atoms with Gasteiger partial charge in [-0.05, 0) is 52.8 Å². The third-order valence-electron chi connectivity index (χ3n) is 5.38. The summed E-state index contributed by atoms with van der Waals surface area (Å²) in [5, 5.41) is 14.0. The standard InChI is InChI=1S/C25H27FN4O4S/c1-12(2)28-22(31)17-8-15-16(11-30(6)24(32)20(15)29-17)21-18(9-19(35-21)25(4,5)33)34-23-13(3)7-14(26)10-27-23/h7-12,29,33H,1-6H3,(H,28,31). The summed E-state index contributed by atoms with van der Waals surface area (Å²) in [6.07, 6.45) is 2.74. The second kappa shape index (κ2) is 8.94. The molecule has 0 aliphatic rings. The number of carbonyl (C=O) groups is 1. The van der Waals surface area contributed by atoms with Gasteiger partial charge < -0.3 is 24.7 Å². The van der Waals surface area contributed by atoms with Gasteiger partial charge >= 0.3 is 0 Å². The van der Waals surface area contributed by atoms with Gasteiger partial charge in [-0.1, -0.05) is 0 Å². The molecule has 35 heavy (non-hydrogen) atoms. The molecular weight excluding hydrogens is 471 g/mol. The third kappa shape index (κ3) is 4.85. The lowest BCUT2D eigenvalue weighted by Gasteiger charge is -2.13. The van der Waals surface area contributed by atoms with Gasteiger partial charge in [-0.2, -0.15) is 0 Å². The van der Waals surface area contributed by atoms with Gasteiger partial charge in [0, 0.05) is 40.7 Å². The van der Waals surface area contributed by atoms with Gasteiger partial charge in [0.05, 0.1) is 16.7 Å². The van der Waals surface area contributed by atoms with E-state index in [9.17, 15) is 19.1 Å². The van der Waals surface area contributed by atoms with Crippen LogP contribution in [0.15, 0.2) is 35.4 Å². The van der Waals surface area contributed by atoms with Crippen molar-refractivity contribution in [3.05, 3.63) is 62.9 Å². The molecule has 0 saturated carbocycles. The van der Waals surface area contributed by atoms with E-state index in [1.807, 2.05) is 13.8 Å². The van der Waals surface area contributed by atoms with E-state index in [2.05, 4.69) is 15.3 Å². The summed E-state index contributed by atoms with van der Waals surface area (Å²) in [5.41, 5.74) is 0.233. The van der Waals surface area contributed by atoms with E-state index in [0.29, 0.717) is 32.0 Å². The highest BCUT2D eigenvalue weighted by Gasteiger charge is 2.26. The number of aliphatic hydroxyl groups is 1. The van der Waals surface area contributed by atoms with E-state index in [4.69, 9.17) is 4.74 Å². The summed E-state index contributed by atoms with van der Waals surface area (Å²) in [7, 11) is 1.62. The number of rotatable bonds is 6. The first-order valence-corrected chi connectivity index (χ1v) is 11.9. The molecule has 0 atom stereocenters. The van der Waals surface area contributed by atoms with Crippen molar-refractivity contribution in [3.8, 4) is 22.1 Å². The number of pyridine rings is 2. The van der Waals surface area contributed by atoms with Crippen LogP contribution in [0.5, 0.6) is 11.6 Å². The van der Waals surface area contributed by atoms with Crippen molar-refractivity contribution in [2.45, 2.75) is 46.3 Å². The number of thiophene rings is 1. The molecule has 1 amide bonds. The van der Waals surface area contributed by atoms with Gasteiger partial charge in [0.2, 0.25) is 5.88 Å². The average Bonchev–Trinajstić information content (AvgIpc) is 3.37. The Morgan fingerprint density at radius 2 is 2.03 bits per heavy atom. The van der Waals surface area contributed by atoms with E-state index < -0.39 is 11.4 Å². The van der Waals surface area contributed by atoms with Crippen LogP contribution in [-0.4, -0.2) is 31.6 Å². The molecular formula is C25H27FN4O4S. The van der Waals surface area contributed by atoms with Crippen LogP contribution in [0.2, 0.25) is 0 Å². The fourth-order valence-corrected chi connectivity index (χ4v) is 4.76. The zero-order chi connectivity index (χ0) is 25.7. The Labute approximate surface area is 205 Å². The topological polar surface area (TPSA) is 109 Å². The number of fused-ring (bicyclic) bond motifs is 1. The number of halogens is 1. The molecule has 10 heteroatoms. The van der Waals surface area contributed by atoms with Crippen LogP contribution >= 0.6 is 11.3 Å². The van der Waals surface area contributed by atoms with Crippen molar-refractivity contribution in [2.75, 3.05) is 0 Å². The van der Waals surface area contributed by atoms with Crippen LogP contribution in [0.4, 0.5) is 4.39 Å². The quantitative estimate of drug-likeness (QED) is 0.360. The fraction of sp³-hybridized carbons (Fsp3) is 0.320. The summed E-state index contributed by atoms with van der Waals surface area (Å²) in [5.74, 6) is -0.185. The third-order valence-corrected chi connectivity index (χ3v) is 6.84. The number of nitrogens with one attached hydrogen (secondary N) is 2. The molecule has 8 nitrogen and oxygen atoms in total. The van der Waals surface area contributed by atoms with Crippen LogP contribution in [0, 0.1) is 12.7 Å². The van der Waals surface area contributed by atoms with E-state index in [1.54, 1.807) is 46.1 Å². The molecule has 184 valence electrons. The predicted octanol–water partition coefficient (Wildman–Crippen LogP) is 4.60. The molecule has 0 bridgehead atoms. The fourth-order valence-electron chi connectivity index (χ4n) is 3.66. The van der Waals surface area contributed by atoms with Crippen LogP contribution in [0.3, 0.4) is 0 Å². The summed E-state index contributed by atoms with van der Waals surface area (Å²) in [4.78, 5) is 33.8. The SMILES string of the molecule is Cc1cc(F)cnc1Oc1cc(C(C)(C)O)sc1-c1cn(C)c(=O)c2[nH]c(C(=O)NC(C)C)cc12. The molecule has 4 aromatic rings. The second-order valence-corrected chi connectivity index (χ2v) is 10.4. The first-order valence-electron chi connectivity index (χ1n) is 11.1. The van der Waals surface area contributed by atoms with Crippen molar-refractivity contribution in [2.24, 2.45) is 7.05 Å². The molecule has 0 saturated heterocycles. The monoisotopic (exact) mass is 498 g/mol. The van der Waals surface area contributed by atoms with Crippen LogP contribution in [-0.2, 0) is 12.6 Å². The Hall–Kier alpha value is -3.50. The lowest BCUT2D eigenvalue weighted by Crippen LogP contribution is -2.30. The normalized spacial score (nSPS) is 11.9. The minimum atomic E-state index is -1.16. The molecule has 4 rings (SSSR count). The molecule has 0 aliphatic carbocycles. The van der Waals surface area contributed by atoms with E-state index >= 15 is 0 Å².